The number of ether oxygens (including phenoxy) is 1. The molecule has 0 amide bonds. The number of hydrogen-bond acceptors (Lipinski definition) is 5. The molecule has 156 valence electrons. The summed E-state index contributed by atoms with van der Waals surface area (Å²) >= 11 is 0. The van der Waals surface area contributed by atoms with Crippen molar-refractivity contribution in [1.29, 1.82) is 0 Å². The molecule has 7 heteroatoms. The van der Waals surface area contributed by atoms with Crippen molar-refractivity contribution in [2.45, 2.75) is 44.0 Å². The number of carbonyl (C=O) groups is 1. The van der Waals surface area contributed by atoms with Gasteiger partial charge in [0.05, 0.1) is 11.5 Å². The Balaban J connectivity index is 1.57. The Morgan fingerprint density at radius 3 is 2.66 bits per heavy atom. The fourth-order valence-corrected chi connectivity index (χ4v) is 4.59. The van der Waals surface area contributed by atoms with Crippen LogP contribution in [-0.2, 0) is 32.5 Å². The number of nitrogens with one attached hydrogen (secondary N) is 1. The van der Waals surface area contributed by atoms with Gasteiger partial charge >= 0.3 is 5.97 Å². The third-order valence-corrected chi connectivity index (χ3v) is 6.41. The number of carbonyl (C=O) groups excluding carboxylic acids is 1. The van der Waals surface area contributed by atoms with E-state index in [2.05, 4.69) is 9.62 Å². The minimum Gasteiger partial charge on any atom is -0.466 e. The Morgan fingerprint density at radius 2 is 1.90 bits per heavy atom. The van der Waals surface area contributed by atoms with E-state index in [-0.39, 0.29) is 10.9 Å². The normalized spacial score (nSPS) is 14.2. The molecule has 0 radical (unpaired) electrons. The van der Waals surface area contributed by atoms with Crippen molar-refractivity contribution < 1.29 is 17.9 Å². The lowest BCUT2D eigenvalue weighted by molar-refractivity contribution is -0.143. The van der Waals surface area contributed by atoms with Crippen molar-refractivity contribution in [3.05, 3.63) is 59.7 Å². The first kappa shape index (κ1) is 21.3. The summed E-state index contributed by atoms with van der Waals surface area (Å²) in [7, 11) is -3.59. The summed E-state index contributed by atoms with van der Waals surface area (Å²) in [6, 6.07) is 14.1. The topological polar surface area (TPSA) is 75.7 Å². The first-order valence-corrected chi connectivity index (χ1v) is 11.5. The van der Waals surface area contributed by atoms with Crippen molar-refractivity contribution in [3.63, 3.8) is 0 Å². The molecule has 0 aliphatic carbocycles. The summed E-state index contributed by atoms with van der Waals surface area (Å²) in [5.74, 6) is -0.133. The molecule has 0 saturated heterocycles. The summed E-state index contributed by atoms with van der Waals surface area (Å²) in [6.07, 6.45) is 3.16. The number of nitrogens with zero attached hydrogens (tertiary/aromatic N) is 1. The van der Waals surface area contributed by atoms with Crippen molar-refractivity contribution >= 4 is 21.7 Å². The van der Waals surface area contributed by atoms with Crippen LogP contribution in [0.25, 0.3) is 0 Å². The highest BCUT2D eigenvalue weighted by Crippen LogP contribution is 2.24. The highest BCUT2D eigenvalue weighted by Gasteiger charge is 2.18. The van der Waals surface area contributed by atoms with E-state index in [1.807, 2.05) is 25.1 Å². The molecule has 0 spiro atoms. The van der Waals surface area contributed by atoms with Crippen LogP contribution in [0.1, 0.15) is 37.3 Å². The lowest BCUT2D eigenvalue weighted by atomic mass is 9.99. The van der Waals surface area contributed by atoms with Gasteiger partial charge in [-0.15, -0.1) is 0 Å². The number of fused-ring (bicyclic) bond motifs is 1. The van der Waals surface area contributed by atoms with Crippen LogP contribution in [0.15, 0.2) is 53.4 Å². The second-order valence-corrected chi connectivity index (χ2v) is 8.87. The van der Waals surface area contributed by atoms with Gasteiger partial charge in [0.1, 0.15) is 0 Å². The molecular formula is C22H28N2O4S. The van der Waals surface area contributed by atoms with Gasteiger partial charge in [-0.25, -0.2) is 8.42 Å². The molecule has 29 heavy (non-hydrogen) atoms. The van der Waals surface area contributed by atoms with Gasteiger partial charge in [-0.2, -0.15) is 0 Å². The second kappa shape index (κ2) is 9.89. The van der Waals surface area contributed by atoms with Gasteiger partial charge in [-0.3, -0.25) is 14.4 Å². The Kier molecular flexibility index (Phi) is 7.28. The molecule has 0 aromatic heterocycles. The summed E-state index contributed by atoms with van der Waals surface area (Å²) in [5.41, 5.74) is 2.99. The minimum absolute atomic E-state index is 0.133. The van der Waals surface area contributed by atoms with Crippen LogP contribution in [0.3, 0.4) is 0 Å². The van der Waals surface area contributed by atoms with Gasteiger partial charge in [0, 0.05) is 25.2 Å². The molecule has 0 atom stereocenters. The summed E-state index contributed by atoms with van der Waals surface area (Å²) < 4.78 is 32.7. The molecule has 6 nitrogen and oxygen atoms in total. The van der Waals surface area contributed by atoms with E-state index in [1.165, 1.54) is 5.56 Å². The quantitative estimate of drug-likeness (QED) is 0.500. The van der Waals surface area contributed by atoms with Crippen LogP contribution in [0, 0.1) is 0 Å². The molecule has 0 fully saturated rings. The van der Waals surface area contributed by atoms with E-state index < -0.39 is 10.0 Å². The maximum atomic E-state index is 12.6. The first-order valence-electron chi connectivity index (χ1n) is 10.1. The Bertz CT molecular complexity index is 929. The molecule has 1 N–H and O–H groups in total. The average molecular weight is 417 g/mol. The van der Waals surface area contributed by atoms with Crippen molar-refractivity contribution in [1.82, 2.24) is 4.90 Å². The van der Waals surface area contributed by atoms with E-state index >= 15 is 0 Å². The molecule has 0 unspecified atom stereocenters. The van der Waals surface area contributed by atoms with Gasteiger partial charge in [-0.1, -0.05) is 24.3 Å². The van der Waals surface area contributed by atoms with Gasteiger partial charge in [0.15, 0.2) is 0 Å². The van der Waals surface area contributed by atoms with E-state index in [1.54, 1.807) is 30.3 Å². The Morgan fingerprint density at radius 1 is 1.10 bits per heavy atom. The number of rotatable bonds is 9. The predicted octanol–water partition coefficient (Wildman–Crippen LogP) is 3.58. The monoisotopic (exact) mass is 416 g/mol. The van der Waals surface area contributed by atoms with E-state index in [4.69, 9.17) is 4.74 Å². The van der Waals surface area contributed by atoms with Gasteiger partial charge in [-0.05, 0) is 68.1 Å². The molecule has 2 aromatic rings. The maximum absolute atomic E-state index is 12.6. The Hall–Kier alpha value is -2.38. The van der Waals surface area contributed by atoms with Crippen molar-refractivity contribution in [2.24, 2.45) is 0 Å². The average Bonchev–Trinajstić information content (AvgIpc) is 2.71. The molecule has 3 rings (SSSR count). The van der Waals surface area contributed by atoms with Crippen LogP contribution in [0.4, 0.5) is 5.69 Å². The zero-order valence-electron chi connectivity index (χ0n) is 16.8. The molecule has 1 heterocycles. The third-order valence-electron chi connectivity index (χ3n) is 5.01. The second-order valence-electron chi connectivity index (χ2n) is 7.19. The fourth-order valence-electron chi connectivity index (χ4n) is 3.52. The van der Waals surface area contributed by atoms with Crippen LogP contribution < -0.4 is 4.72 Å². The predicted molar refractivity (Wildman–Crippen MR) is 113 cm³/mol. The molecule has 1 aliphatic rings. The lowest BCUT2D eigenvalue weighted by Crippen LogP contribution is -2.31. The van der Waals surface area contributed by atoms with Gasteiger partial charge in [0.2, 0.25) is 0 Å². The van der Waals surface area contributed by atoms with E-state index in [0.29, 0.717) is 18.7 Å². The molecule has 1 aliphatic heterocycles. The highest BCUT2D eigenvalue weighted by atomic mass is 32.2. The van der Waals surface area contributed by atoms with E-state index in [0.717, 1.165) is 44.5 Å². The summed E-state index contributed by atoms with van der Waals surface area (Å²) in [4.78, 5) is 14.0. The number of hydrogen-bond donors (Lipinski definition) is 1. The molecule has 0 saturated carbocycles. The molecule has 0 bridgehead atoms. The number of unbranched alkanes of at least 4 members (excludes halogenated alkanes) is 1. The number of esters is 1. The number of anilines is 1. The molecular weight excluding hydrogens is 388 g/mol. The fraction of sp³-hybridized carbons (Fsp3) is 0.409. The van der Waals surface area contributed by atoms with Crippen molar-refractivity contribution in [3.8, 4) is 0 Å². The standard InChI is InChI=1S/C22H28N2O4S/c1-2-28-22(25)10-6-7-14-24-15-13-18-11-12-20(16-19(18)17-24)23-29(26,27)21-8-4-3-5-9-21/h3-5,8-9,11-12,16,23H,2,6-7,10,13-15,17H2,1H3. The largest absolute Gasteiger partial charge is 0.466 e. The van der Waals surface area contributed by atoms with Crippen molar-refractivity contribution in [2.75, 3.05) is 24.4 Å². The third kappa shape index (κ3) is 6.05. The van der Waals surface area contributed by atoms with Gasteiger partial charge in [0.25, 0.3) is 10.0 Å². The molecule has 2 aromatic carbocycles. The van der Waals surface area contributed by atoms with Crippen LogP contribution in [-0.4, -0.2) is 39.0 Å². The Labute approximate surface area is 172 Å². The van der Waals surface area contributed by atoms with E-state index in [9.17, 15) is 13.2 Å². The summed E-state index contributed by atoms with van der Waals surface area (Å²) in [6.45, 7) is 4.92. The minimum atomic E-state index is -3.59. The lowest BCUT2D eigenvalue weighted by Gasteiger charge is -2.29. The van der Waals surface area contributed by atoms with Crippen LogP contribution in [0.5, 0.6) is 0 Å². The SMILES string of the molecule is CCOC(=O)CCCCN1CCc2ccc(NS(=O)(=O)c3ccccc3)cc2C1. The van der Waals surface area contributed by atoms with Crippen LogP contribution in [0.2, 0.25) is 0 Å². The zero-order valence-corrected chi connectivity index (χ0v) is 17.6. The van der Waals surface area contributed by atoms with Crippen LogP contribution >= 0.6 is 0 Å². The number of benzene rings is 2. The smallest absolute Gasteiger partial charge is 0.305 e. The zero-order chi connectivity index (χ0) is 20.7. The maximum Gasteiger partial charge on any atom is 0.305 e. The van der Waals surface area contributed by atoms with Gasteiger partial charge < -0.3 is 4.74 Å². The number of sulfonamides is 1. The first-order chi connectivity index (χ1) is 14.0. The highest BCUT2D eigenvalue weighted by molar-refractivity contribution is 7.92. The summed E-state index contributed by atoms with van der Waals surface area (Å²) in [5, 5.41) is 0.